The SMILES string of the molecule is CCOC(=O)c1sc(N2N=C(c3cccs3)CC2c2ccco2)nc1C. The van der Waals surface area contributed by atoms with Crippen LogP contribution >= 0.6 is 22.7 Å². The Morgan fingerprint density at radius 1 is 1.42 bits per heavy atom. The highest BCUT2D eigenvalue weighted by molar-refractivity contribution is 7.17. The molecular formula is C18H17N3O3S2. The minimum atomic E-state index is -0.343. The van der Waals surface area contributed by atoms with Crippen LogP contribution in [0.2, 0.25) is 0 Å². The van der Waals surface area contributed by atoms with E-state index in [1.54, 1.807) is 24.5 Å². The number of carbonyl (C=O) groups excluding carboxylic acids is 1. The summed E-state index contributed by atoms with van der Waals surface area (Å²) in [5.74, 6) is 0.482. The van der Waals surface area contributed by atoms with E-state index in [0.29, 0.717) is 22.3 Å². The average Bonchev–Trinajstić information content (AvgIpc) is 3.39. The molecule has 1 atom stereocenters. The summed E-state index contributed by atoms with van der Waals surface area (Å²) in [4.78, 5) is 18.3. The zero-order valence-corrected chi connectivity index (χ0v) is 16.0. The third-order valence-electron chi connectivity index (χ3n) is 4.03. The van der Waals surface area contributed by atoms with Crippen LogP contribution in [0.4, 0.5) is 5.13 Å². The summed E-state index contributed by atoms with van der Waals surface area (Å²) < 4.78 is 10.8. The van der Waals surface area contributed by atoms with Gasteiger partial charge in [-0.15, -0.1) is 11.3 Å². The number of hydrogen-bond donors (Lipinski definition) is 0. The van der Waals surface area contributed by atoms with Gasteiger partial charge >= 0.3 is 5.97 Å². The van der Waals surface area contributed by atoms with E-state index in [1.807, 2.05) is 35.5 Å². The zero-order chi connectivity index (χ0) is 18.1. The van der Waals surface area contributed by atoms with Crippen molar-refractivity contribution in [2.45, 2.75) is 26.3 Å². The number of thiophene rings is 1. The molecule has 0 bridgehead atoms. The molecule has 1 unspecified atom stereocenters. The molecule has 3 aromatic rings. The highest BCUT2D eigenvalue weighted by Crippen LogP contribution is 2.40. The van der Waals surface area contributed by atoms with Gasteiger partial charge in [0.05, 0.1) is 29.2 Å². The molecule has 0 aliphatic carbocycles. The van der Waals surface area contributed by atoms with E-state index in [0.717, 1.165) is 22.8 Å². The Balaban J connectivity index is 1.71. The molecule has 134 valence electrons. The van der Waals surface area contributed by atoms with Crippen molar-refractivity contribution >= 4 is 39.5 Å². The number of aryl methyl sites for hydroxylation is 1. The quantitative estimate of drug-likeness (QED) is 0.597. The largest absolute Gasteiger partial charge is 0.467 e. The van der Waals surface area contributed by atoms with Gasteiger partial charge in [0.25, 0.3) is 0 Å². The molecule has 8 heteroatoms. The smallest absolute Gasteiger partial charge is 0.350 e. The van der Waals surface area contributed by atoms with Crippen LogP contribution in [0.15, 0.2) is 45.4 Å². The molecule has 6 nitrogen and oxygen atoms in total. The molecule has 0 aromatic carbocycles. The molecule has 1 aliphatic heterocycles. The van der Waals surface area contributed by atoms with Crippen molar-refractivity contribution in [2.75, 3.05) is 11.6 Å². The topological polar surface area (TPSA) is 67.9 Å². The van der Waals surface area contributed by atoms with Gasteiger partial charge in [0.2, 0.25) is 5.13 Å². The summed E-state index contributed by atoms with van der Waals surface area (Å²) in [7, 11) is 0. The van der Waals surface area contributed by atoms with Crippen molar-refractivity contribution in [3.8, 4) is 0 Å². The fourth-order valence-corrected chi connectivity index (χ4v) is 4.53. The summed E-state index contributed by atoms with van der Waals surface area (Å²) in [5, 5.41) is 9.35. The second-order valence-electron chi connectivity index (χ2n) is 5.74. The first kappa shape index (κ1) is 17.0. The van der Waals surface area contributed by atoms with Crippen molar-refractivity contribution in [3.63, 3.8) is 0 Å². The molecule has 4 rings (SSSR count). The molecule has 1 aliphatic rings. The molecule has 0 amide bonds. The minimum absolute atomic E-state index is 0.0808. The molecule has 0 saturated heterocycles. The number of furan rings is 1. The van der Waals surface area contributed by atoms with Crippen molar-refractivity contribution in [1.29, 1.82) is 0 Å². The molecule has 26 heavy (non-hydrogen) atoms. The van der Waals surface area contributed by atoms with Crippen molar-refractivity contribution in [1.82, 2.24) is 4.98 Å². The van der Waals surface area contributed by atoms with E-state index < -0.39 is 0 Å². The van der Waals surface area contributed by atoms with Crippen LogP contribution in [0, 0.1) is 6.92 Å². The summed E-state index contributed by atoms with van der Waals surface area (Å²) in [5.41, 5.74) is 1.65. The maximum Gasteiger partial charge on any atom is 0.350 e. The zero-order valence-electron chi connectivity index (χ0n) is 14.3. The van der Waals surface area contributed by atoms with Gasteiger partial charge in [-0.1, -0.05) is 17.4 Å². The Morgan fingerprint density at radius 2 is 2.31 bits per heavy atom. The van der Waals surface area contributed by atoms with Gasteiger partial charge in [0, 0.05) is 6.42 Å². The van der Waals surface area contributed by atoms with Gasteiger partial charge in [0.1, 0.15) is 16.7 Å². The second kappa shape index (κ2) is 7.05. The third kappa shape index (κ3) is 3.06. The summed E-state index contributed by atoms with van der Waals surface area (Å²) in [6, 6.07) is 7.80. The number of esters is 1. The molecule has 0 radical (unpaired) electrons. The van der Waals surface area contributed by atoms with E-state index in [-0.39, 0.29) is 12.0 Å². The first-order valence-corrected chi connectivity index (χ1v) is 9.95. The van der Waals surface area contributed by atoms with Crippen molar-refractivity contribution in [2.24, 2.45) is 5.10 Å². The van der Waals surface area contributed by atoms with Crippen LogP contribution in [-0.4, -0.2) is 23.3 Å². The second-order valence-corrected chi connectivity index (χ2v) is 7.66. The molecule has 0 saturated carbocycles. The van der Waals surface area contributed by atoms with Gasteiger partial charge < -0.3 is 9.15 Å². The van der Waals surface area contributed by atoms with Crippen LogP contribution in [0.3, 0.4) is 0 Å². The lowest BCUT2D eigenvalue weighted by atomic mass is 10.1. The van der Waals surface area contributed by atoms with Crippen LogP contribution in [-0.2, 0) is 4.74 Å². The molecular weight excluding hydrogens is 370 g/mol. The highest BCUT2D eigenvalue weighted by atomic mass is 32.1. The van der Waals surface area contributed by atoms with Crippen molar-refractivity contribution in [3.05, 3.63) is 57.1 Å². The van der Waals surface area contributed by atoms with Crippen LogP contribution in [0.25, 0.3) is 0 Å². The Hall–Kier alpha value is -2.45. The fraction of sp³-hybridized carbons (Fsp3) is 0.278. The van der Waals surface area contributed by atoms with Gasteiger partial charge in [-0.2, -0.15) is 5.10 Å². The summed E-state index contributed by atoms with van der Waals surface area (Å²) in [6.45, 7) is 3.94. The van der Waals surface area contributed by atoms with E-state index in [9.17, 15) is 4.79 Å². The first-order chi connectivity index (χ1) is 12.7. The van der Waals surface area contributed by atoms with Gasteiger partial charge in [-0.05, 0) is 37.4 Å². The number of thiazole rings is 1. The van der Waals surface area contributed by atoms with E-state index in [1.165, 1.54) is 11.3 Å². The number of nitrogens with zero attached hydrogens (tertiary/aromatic N) is 3. The Kier molecular flexibility index (Phi) is 4.60. The first-order valence-electron chi connectivity index (χ1n) is 8.26. The standard InChI is InChI=1S/C18H17N3O3S2/c1-3-23-17(22)16-11(2)19-18(26-16)21-13(14-6-4-8-24-14)10-12(20-21)15-7-5-9-25-15/h4-9,13H,3,10H2,1-2H3. The Labute approximate surface area is 158 Å². The number of anilines is 1. The lowest BCUT2D eigenvalue weighted by Crippen LogP contribution is -2.17. The van der Waals surface area contributed by atoms with E-state index >= 15 is 0 Å². The predicted octanol–water partition coefficient (Wildman–Crippen LogP) is 4.64. The van der Waals surface area contributed by atoms with Gasteiger partial charge in [-0.25, -0.2) is 14.8 Å². The minimum Gasteiger partial charge on any atom is -0.467 e. The number of ether oxygens (including phenoxy) is 1. The van der Waals surface area contributed by atoms with Crippen LogP contribution in [0.1, 0.15) is 45.4 Å². The highest BCUT2D eigenvalue weighted by Gasteiger charge is 2.34. The van der Waals surface area contributed by atoms with E-state index in [2.05, 4.69) is 11.1 Å². The summed E-state index contributed by atoms with van der Waals surface area (Å²) >= 11 is 2.96. The third-order valence-corrected chi connectivity index (χ3v) is 6.08. The number of carbonyl (C=O) groups is 1. The monoisotopic (exact) mass is 387 g/mol. The van der Waals surface area contributed by atoms with Crippen LogP contribution in [0.5, 0.6) is 0 Å². The molecule has 0 N–H and O–H groups in total. The fourth-order valence-electron chi connectivity index (χ4n) is 2.85. The molecule has 4 heterocycles. The number of hydrazone groups is 1. The molecule has 0 spiro atoms. The normalized spacial score (nSPS) is 16.8. The summed E-state index contributed by atoms with van der Waals surface area (Å²) in [6.07, 6.45) is 2.38. The lowest BCUT2D eigenvalue weighted by Gasteiger charge is -2.18. The maximum absolute atomic E-state index is 12.1. The van der Waals surface area contributed by atoms with Crippen molar-refractivity contribution < 1.29 is 13.9 Å². The predicted molar refractivity (Wildman–Crippen MR) is 102 cm³/mol. The van der Waals surface area contributed by atoms with Gasteiger partial charge in [0.15, 0.2) is 0 Å². The number of hydrogen-bond acceptors (Lipinski definition) is 8. The van der Waals surface area contributed by atoms with E-state index in [4.69, 9.17) is 14.3 Å². The Bertz CT molecular complexity index is 929. The lowest BCUT2D eigenvalue weighted by molar-refractivity contribution is 0.0531. The number of rotatable bonds is 5. The van der Waals surface area contributed by atoms with Crippen LogP contribution < -0.4 is 5.01 Å². The number of aromatic nitrogens is 1. The Morgan fingerprint density at radius 3 is 3.00 bits per heavy atom. The molecule has 3 aromatic heterocycles. The maximum atomic E-state index is 12.1. The average molecular weight is 387 g/mol. The molecule has 0 fully saturated rings. The van der Waals surface area contributed by atoms with Gasteiger partial charge in [-0.3, -0.25) is 0 Å².